The highest BCUT2D eigenvalue weighted by Gasteiger charge is 2.46. The SMILES string of the molecule is C[C@@H]1C[C@H](C(F)(F)F)n2nc(C3CCN(S(=O)(=O)c4cccnc4)C3)cc2N1. The monoisotopic (exact) mass is 415 g/mol. The number of anilines is 1. The van der Waals surface area contributed by atoms with E-state index in [0.29, 0.717) is 17.9 Å². The Hall–Kier alpha value is -2.14. The third kappa shape index (κ3) is 3.37. The Bertz CT molecular complexity index is 961. The van der Waals surface area contributed by atoms with Gasteiger partial charge in [-0.3, -0.25) is 4.98 Å². The molecule has 2 aliphatic heterocycles. The molecule has 0 spiro atoms. The first-order valence-electron chi connectivity index (χ1n) is 8.99. The highest BCUT2D eigenvalue weighted by atomic mass is 32.2. The first kappa shape index (κ1) is 19.2. The summed E-state index contributed by atoms with van der Waals surface area (Å²) in [6, 6.07) is 2.64. The molecule has 2 aromatic rings. The summed E-state index contributed by atoms with van der Waals surface area (Å²) in [7, 11) is -3.68. The number of sulfonamides is 1. The van der Waals surface area contributed by atoms with Crippen molar-refractivity contribution in [2.75, 3.05) is 18.4 Å². The summed E-state index contributed by atoms with van der Waals surface area (Å²) in [4.78, 5) is 3.95. The average molecular weight is 415 g/mol. The standard InChI is InChI=1S/C17H20F3N5O2S/c1-11-7-15(17(18,19)20)25-16(22-11)8-14(23-25)12-4-6-24(10-12)28(26,27)13-3-2-5-21-9-13/h2-3,5,8-9,11-12,15,22H,4,6-7,10H2,1H3/t11-,12?,15-/m1/s1. The number of halogens is 3. The number of hydrogen-bond donors (Lipinski definition) is 1. The molecule has 4 rings (SSSR count). The van der Waals surface area contributed by atoms with Gasteiger partial charge in [0.1, 0.15) is 10.7 Å². The summed E-state index contributed by atoms with van der Waals surface area (Å²) in [6.45, 7) is 2.17. The molecule has 28 heavy (non-hydrogen) atoms. The Morgan fingerprint density at radius 2 is 2.11 bits per heavy atom. The fourth-order valence-corrected chi connectivity index (χ4v) is 5.28. The summed E-state index contributed by atoms with van der Waals surface area (Å²) in [5.41, 5.74) is 0.481. The van der Waals surface area contributed by atoms with E-state index in [1.807, 2.05) is 0 Å². The fraction of sp³-hybridized carbons (Fsp3) is 0.529. The zero-order chi connectivity index (χ0) is 20.1. The van der Waals surface area contributed by atoms with E-state index in [2.05, 4.69) is 15.4 Å². The van der Waals surface area contributed by atoms with Gasteiger partial charge in [-0.25, -0.2) is 13.1 Å². The lowest BCUT2D eigenvalue weighted by atomic mass is 10.0. The van der Waals surface area contributed by atoms with Crippen molar-refractivity contribution in [2.24, 2.45) is 0 Å². The molecule has 0 radical (unpaired) electrons. The number of nitrogens with one attached hydrogen (secondary N) is 1. The summed E-state index contributed by atoms with van der Waals surface area (Å²) in [5.74, 6) is 0.0696. The minimum Gasteiger partial charge on any atom is -0.368 e. The van der Waals surface area contributed by atoms with Crippen LogP contribution >= 0.6 is 0 Å². The van der Waals surface area contributed by atoms with Gasteiger partial charge in [0.05, 0.1) is 5.69 Å². The molecule has 3 atom stereocenters. The Kier molecular flexibility index (Phi) is 4.61. The first-order valence-corrected chi connectivity index (χ1v) is 10.4. The fourth-order valence-electron chi connectivity index (χ4n) is 3.81. The van der Waals surface area contributed by atoms with Crippen molar-refractivity contribution in [1.82, 2.24) is 19.1 Å². The minimum absolute atomic E-state index is 0.0935. The van der Waals surface area contributed by atoms with Crippen LogP contribution in [0.3, 0.4) is 0 Å². The first-order chi connectivity index (χ1) is 13.2. The van der Waals surface area contributed by atoms with Crippen molar-refractivity contribution in [3.05, 3.63) is 36.3 Å². The number of nitrogens with zero attached hydrogens (tertiary/aromatic N) is 4. The largest absolute Gasteiger partial charge is 0.410 e. The number of pyridine rings is 1. The Morgan fingerprint density at radius 1 is 1.32 bits per heavy atom. The molecule has 0 aromatic carbocycles. The van der Waals surface area contributed by atoms with Gasteiger partial charge in [0.2, 0.25) is 10.0 Å². The molecule has 1 saturated heterocycles. The van der Waals surface area contributed by atoms with Crippen LogP contribution in [0.4, 0.5) is 19.0 Å². The van der Waals surface area contributed by atoms with Gasteiger partial charge in [-0.1, -0.05) is 0 Å². The third-order valence-electron chi connectivity index (χ3n) is 5.24. The van der Waals surface area contributed by atoms with E-state index < -0.39 is 22.2 Å². The van der Waals surface area contributed by atoms with E-state index in [0.717, 1.165) is 4.68 Å². The predicted molar refractivity (Wildman–Crippen MR) is 95.4 cm³/mol. The van der Waals surface area contributed by atoms with Crippen LogP contribution in [0.5, 0.6) is 0 Å². The van der Waals surface area contributed by atoms with Gasteiger partial charge in [-0.05, 0) is 31.9 Å². The maximum Gasteiger partial charge on any atom is 0.410 e. The van der Waals surface area contributed by atoms with Crippen LogP contribution in [0.15, 0.2) is 35.5 Å². The lowest BCUT2D eigenvalue weighted by Gasteiger charge is -2.31. The Balaban J connectivity index is 1.58. The molecule has 0 bridgehead atoms. The Labute approximate surface area is 160 Å². The lowest BCUT2D eigenvalue weighted by molar-refractivity contribution is -0.173. The van der Waals surface area contributed by atoms with Gasteiger partial charge in [-0.2, -0.15) is 22.6 Å². The summed E-state index contributed by atoms with van der Waals surface area (Å²) < 4.78 is 68.0. The normalized spacial score (nSPS) is 26.1. The molecule has 0 aliphatic carbocycles. The quantitative estimate of drug-likeness (QED) is 0.834. The van der Waals surface area contributed by atoms with Crippen LogP contribution < -0.4 is 5.32 Å². The number of aromatic nitrogens is 3. The van der Waals surface area contributed by atoms with E-state index in [4.69, 9.17) is 0 Å². The highest BCUT2D eigenvalue weighted by Crippen LogP contribution is 2.41. The summed E-state index contributed by atoms with van der Waals surface area (Å²) in [5, 5.41) is 7.24. The summed E-state index contributed by atoms with van der Waals surface area (Å²) >= 11 is 0. The van der Waals surface area contributed by atoms with E-state index >= 15 is 0 Å². The highest BCUT2D eigenvalue weighted by molar-refractivity contribution is 7.89. The van der Waals surface area contributed by atoms with Crippen LogP contribution in [0.2, 0.25) is 0 Å². The molecule has 4 heterocycles. The molecule has 2 aliphatic rings. The smallest absolute Gasteiger partial charge is 0.368 e. The summed E-state index contributed by atoms with van der Waals surface area (Å²) in [6.07, 6.45) is -1.20. The Morgan fingerprint density at radius 3 is 2.79 bits per heavy atom. The van der Waals surface area contributed by atoms with Gasteiger partial charge in [0, 0.05) is 43.5 Å². The van der Waals surface area contributed by atoms with Crippen molar-refractivity contribution in [1.29, 1.82) is 0 Å². The molecular formula is C17H20F3N5O2S. The van der Waals surface area contributed by atoms with Crippen molar-refractivity contribution < 1.29 is 21.6 Å². The van der Waals surface area contributed by atoms with E-state index in [1.165, 1.54) is 22.8 Å². The molecule has 1 unspecified atom stereocenters. The molecular weight excluding hydrogens is 395 g/mol. The third-order valence-corrected chi connectivity index (χ3v) is 7.09. The molecule has 7 nitrogen and oxygen atoms in total. The maximum absolute atomic E-state index is 13.4. The molecule has 1 N–H and O–H groups in total. The lowest BCUT2D eigenvalue weighted by Crippen LogP contribution is -2.37. The molecule has 11 heteroatoms. The minimum atomic E-state index is -4.39. The van der Waals surface area contributed by atoms with Gasteiger partial charge in [0.15, 0.2) is 6.04 Å². The van der Waals surface area contributed by atoms with Crippen molar-refractivity contribution in [3.63, 3.8) is 0 Å². The molecule has 1 fully saturated rings. The van der Waals surface area contributed by atoms with Gasteiger partial charge < -0.3 is 5.32 Å². The number of alkyl halides is 3. The number of fused-ring (bicyclic) bond motifs is 1. The van der Waals surface area contributed by atoms with Crippen molar-refractivity contribution in [2.45, 2.75) is 48.8 Å². The van der Waals surface area contributed by atoms with Crippen molar-refractivity contribution >= 4 is 15.8 Å². The van der Waals surface area contributed by atoms with E-state index in [1.54, 1.807) is 19.1 Å². The zero-order valence-corrected chi connectivity index (χ0v) is 15.9. The topological polar surface area (TPSA) is 80.1 Å². The van der Waals surface area contributed by atoms with Gasteiger partial charge >= 0.3 is 6.18 Å². The average Bonchev–Trinajstić information content (AvgIpc) is 3.28. The second kappa shape index (κ2) is 6.73. The molecule has 0 saturated carbocycles. The van der Waals surface area contributed by atoms with E-state index in [9.17, 15) is 21.6 Å². The maximum atomic E-state index is 13.4. The van der Waals surface area contributed by atoms with Crippen LogP contribution in [0.1, 0.15) is 37.4 Å². The van der Waals surface area contributed by atoms with Gasteiger partial charge in [-0.15, -0.1) is 0 Å². The van der Waals surface area contributed by atoms with E-state index in [-0.39, 0.29) is 36.4 Å². The van der Waals surface area contributed by atoms with Crippen LogP contribution in [-0.2, 0) is 10.0 Å². The molecule has 152 valence electrons. The predicted octanol–water partition coefficient (Wildman–Crippen LogP) is 2.76. The number of hydrogen-bond acceptors (Lipinski definition) is 5. The number of rotatable bonds is 3. The zero-order valence-electron chi connectivity index (χ0n) is 15.1. The van der Waals surface area contributed by atoms with Crippen LogP contribution in [-0.4, -0.2) is 52.8 Å². The second-order valence-corrected chi connectivity index (χ2v) is 9.21. The molecule has 0 amide bonds. The molecule has 2 aromatic heterocycles. The van der Waals surface area contributed by atoms with Crippen molar-refractivity contribution in [3.8, 4) is 0 Å². The van der Waals surface area contributed by atoms with Crippen LogP contribution in [0, 0.1) is 0 Å². The second-order valence-electron chi connectivity index (χ2n) is 7.27. The van der Waals surface area contributed by atoms with Crippen LogP contribution in [0.25, 0.3) is 0 Å². The van der Waals surface area contributed by atoms with Gasteiger partial charge in [0.25, 0.3) is 0 Å².